The third-order valence-corrected chi connectivity index (χ3v) is 2.43. The summed E-state index contributed by atoms with van der Waals surface area (Å²) in [6.07, 6.45) is 0.871. The predicted octanol–water partition coefficient (Wildman–Crippen LogP) is 2.02. The van der Waals surface area contributed by atoms with Crippen LogP contribution in [0.4, 0.5) is 4.79 Å². The van der Waals surface area contributed by atoms with E-state index in [0.717, 1.165) is 17.4 Å². The molecule has 0 fully saturated rings. The zero-order chi connectivity index (χ0) is 12.9. The lowest BCUT2D eigenvalue weighted by Crippen LogP contribution is -2.44. The molecule has 4 heteroatoms. The Morgan fingerprint density at radius 3 is 2.29 bits per heavy atom. The molecule has 0 spiro atoms. The molecule has 1 amide bonds. The molecular formula is C13H17NO3. The lowest BCUT2D eigenvalue weighted by Gasteiger charge is -2.24. The highest BCUT2D eigenvalue weighted by molar-refractivity contribution is 5.65. The highest BCUT2D eigenvalue weighted by Gasteiger charge is 2.20. The summed E-state index contributed by atoms with van der Waals surface area (Å²) in [6.45, 7) is 3.67. The lowest BCUT2D eigenvalue weighted by atomic mass is 9.94. The first-order chi connectivity index (χ1) is 7.93. The first kappa shape index (κ1) is 13.2. The van der Waals surface area contributed by atoms with Gasteiger partial charge in [0.25, 0.3) is 0 Å². The Balaban J connectivity index is 2.68. The monoisotopic (exact) mass is 235 g/mol. The van der Waals surface area contributed by atoms with Crippen molar-refractivity contribution in [3.63, 3.8) is 0 Å². The maximum absolute atomic E-state index is 10.6. The van der Waals surface area contributed by atoms with Crippen molar-refractivity contribution in [2.24, 2.45) is 0 Å². The number of carbonyl (C=O) groups excluding carboxylic acids is 1. The molecule has 1 aromatic carbocycles. The summed E-state index contributed by atoms with van der Waals surface area (Å²) in [6, 6.07) is 7.62. The van der Waals surface area contributed by atoms with Crippen molar-refractivity contribution in [2.45, 2.75) is 32.2 Å². The minimum atomic E-state index is -1.02. The second-order valence-electron chi connectivity index (χ2n) is 4.68. The molecule has 2 N–H and O–H groups in total. The summed E-state index contributed by atoms with van der Waals surface area (Å²) in [5.41, 5.74) is 1.50. The number of nitrogens with one attached hydrogen (secondary N) is 1. The summed E-state index contributed by atoms with van der Waals surface area (Å²) in [4.78, 5) is 20.9. The van der Waals surface area contributed by atoms with Crippen molar-refractivity contribution < 1.29 is 14.7 Å². The van der Waals surface area contributed by atoms with Gasteiger partial charge in [-0.05, 0) is 31.4 Å². The zero-order valence-electron chi connectivity index (χ0n) is 10.1. The third-order valence-electron chi connectivity index (χ3n) is 2.43. The van der Waals surface area contributed by atoms with Gasteiger partial charge in [-0.25, -0.2) is 4.79 Å². The van der Waals surface area contributed by atoms with E-state index in [0.29, 0.717) is 12.8 Å². The van der Waals surface area contributed by atoms with Gasteiger partial charge in [0.2, 0.25) is 0 Å². The Hall–Kier alpha value is -1.84. The number of amides is 1. The quantitative estimate of drug-likeness (QED) is 0.767. The molecule has 0 heterocycles. The first-order valence-corrected chi connectivity index (χ1v) is 5.45. The molecular weight excluding hydrogens is 218 g/mol. The second-order valence-corrected chi connectivity index (χ2v) is 4.68. The molecule has 0 bridgehead atoms. The van der Waals surface area contributed by atoms with Gasteiger partial charge in [0.1, 0.15) is 6.29 Å². The van der Waals surface area contributed by atoms with Crippen molar-refractivity contribution >= 4 is 12.4 Å². The van der Waals surface area contributed by atoms with E-state index < -0.39 is 11.6 Å². The van der Waals surface area contributed by atoms with Crippen LogP contribution in [0.5, 0.6) is 0 Å². The molecule has 0 aliphatic rings. The molecule has 0 aliphatic heterocycles. The van der Waals surface area contributed by atoms with E-state index in [1.54, 1.807) is 0 Å². The lowest BCUT2D eigenvalue weighted by molar-refractivity contribution is -0.107. The van der Waals surface area contributed by atoms with Crippen molar-refractivity contribution in [2.75, 3.05) is 0 Å². The van der Waals surface area contributed by atoms with Gasteiger partial charge in [0.15, 0.2) is 0 Å². The summed E-state index contributed by atoms with van der Waals surface area (Å²) in [5, 5.41) is 11.2. The number of carboxylic acid groups (broad SMARTS) is 1. The van der Waals surface area contributed by atoms with Gasteiger partial charge >= 0.3 is 6.09 Å². The largest absolute Gasteiger partial charge is 0.465 e. The van der Waals surface area contributed by atoms with Gasteiger partial charge in [0.05, 0.1) is 0 Å². The van der Waals surface area contributed by atoms with Crippen LogP contribution < -0.4 is 5.32 Å². The van der Waals surface area contributed by atoms with Gasteiger partial charge in [0, 0.05) is 12.0 Å². The Morgan fingerprint density at radius 2 is 1.82 bits per heavy atom. The standard InChI is InChI=1S/C13H17NO3/c1-13(2,14-12(16)17)9-11-5-3-10(4-6-11)7-8-15/h3-6,8,14H,7,9H2,1-2H3,(H,16,17). The van der Waals surface area contributed by atoms with Crippen LogP contribution in [0.1, 0.15) is 25.0 Å². The maximum atomic E-state index is 10.6. The van der Waals surface area contributed by atoms with Crippen molar-refractivity contribution in [3.8, 4) is 0 Å². The van der Waals surface area contributed by atoms with Gasteiger partial charge in [-0.15, -0.1) is 0 Å². The fraction of sp³-hybridized carbons (Fsp3) is 0.385. The molecule has 0 saturated carbocycles. The molecule has 0 unspecified atom stereocenters. The summed E-state index contributed by atoms with van der Waals surface area (Å²) in [7, 11) is 0. The number of hydrogen-bond acceptors (Lipinski definition) is 2. The Morgan fingerprint density at radius 1 is 1.29 bits per heavy atom. The molecule has 92 valence electrons. The van der Waals surface area contributed by atoms with Gasteiger partial charge in [-0.3, -0.25) is 0 Å². The predicted molar refractivity (Wildman–Crippen MR) is 65.2 cm³/mol. The molecule has 17 heavy (non-hydrogen) atoms. The zero-order valence-corrected chi connectivity index (χ0v) is 10.1. The van der Waals surface area contributed by atoms with Crippen LogP contribution in [-0.2, 0) is 17.6 Å². The van der Waals surface area contributed by atoms with Crippen molar-refractivity contribution in [1.82, 2.24) is 5.32 Å². The molecule has 0 atom stereocenters. The Labute approximate surface area is 101 Å². The number of rotatable bonds is 5. The van der Waals surface area contributed by atoms with Crippen LogP contribution in [0.3, 0.4) is 0 Å². The topological polar surface area (TPSA) is 66.4 Å². The highest BCUT2D eigenvalue weighted by Crippen LogP contribution is 2.13. The number of aldehydes is 1. The Bertz CT molecular complexity index is 396. The van der Waals surface area contributed by atoms with Crippen LogP contribution in [0.25, 0.3) is 0 Å². The van der Waals surface area contributed by atoms with Crippen LogP contribution >= 0.6 is 0 Å². The van der Waals surface area contributed by atoms with Gasteiger partial charge in [-0.1, -0.05) is 24.3 Å². The van der Waals surface area contributed by atoms with E-state index in [2.05, 4.69) is 5.32 Å². The van der Waals surface area contributed by atoms with Crippen molar-refractivity contribution in [1.29, 1.82) is 0 Å². The molecule has 4 nitrogen and oxygen atoms in total. The first-order valence-electron chi connectivity index (χ1n) is 5.45. The highest BCUT2D eigenvalue weighted by atomic mass is 16.4. The van der Waals surface area contributed by atoms with E-state index in [-0.39, 0.29) is 0 Å². The maximum Gasteiger partial charge on any atom is 0.405 e. The van der Waals surface area contributed by atoms with Gasteiger partial charge < -0.3 is 15.2 Å². The minimum absolute atomic E-state index is 0.414. The number of carbonyl (C=O) groups is 2. The molecule has 0 aromatic heterocycles. The summed E-state index contributed by atoms with van der Waals surface area (Å²) in [5.74, 6) is 0. The van der Waals surface area contributed by atoms with Crippen LogP contribution in [0, 0.1) is 0 Å². The van der Waals surface area contributed by atoms with E-state index >= 15 is 0 Å². The van der Waals surface area contributed by atoms with Crippen LogP contribution in [-0.4, -0.2) is 23.0 Å². The van der Waals surface area contributed by atoms with Gasteiger partial charge in [-0.2, -0.15) is 0 Å². The Kier molecular flexibility index (Phi) is 4.26. The fourth-order valence-electron chi connectivity index (χ4n) is 1.73. The smallest absolute Gasteiger partial charge is 0.405 e. The van der Waals surface area contributed by atoms with Crippen LogP contribution in [0.15, 0.2) is 24.3 Å². The van der Waals surface area contributed by atoms with E-state index in [1.807, 2.05) is 38.1 Å². The van der Waals surface area contributed by atoms with E-state index in [4.69, 9.17) is 5.11 Å². The van der Waals surface area contributed by atoms with Crippen molar-refractivity contribution in [3.05, 3.63) is 35.4 Å². The molecule has 1 aromatic rings. The number of hydrogen-bond donors (Lipinski definition) is 2. The average Bonchev–Trinajstić information content (AvgIpc) is 2.18. The number of benzene rings is 1. The molecule has 0 saturated heterocycles. The molecule has 1 rings (SSSR count). The van der Waals surface area contributed by atoms with E-state index in [1.165, 1.54) is 0 Å². The normalized spacial score (nSPS) is 10.9. The minimum Gasteiger partial charge on any atom is -0.465 e. The summed E-state index contributed by atoms with van der Waals surface area (Å²) < 4.78 is 0. The second kappa shape index (κ2) is 5.48. The average molecular weight is 235 g/mol. The SMILES string of the molecule is CC(C)(Cc1ccc(CC=O)cc1)NC(=O)O. The fourth-order valence-corrected chi connectivity index (χ4v) is 1.73. The third kappa shape index (κ3) is 4.68. The molecule has 0 radical (unpaired) electrons. The van der Waals surface area contributed by atoms with Crippen LogP contribution in [0.2, 0.25) is 0 Å². The molecule has 0 aliphatic carbocycles. The van der Waals surface area contributed by atoms with E-state index in [9.17, 15) is 9.59 Å². The summed E-state index contributed by atoms with van der Waals surface area (Å²) >= 11 is 0.